The summed E-state index contributed by atoms with van der Waals surface area (Å²) in [6.45, 7) is 2.16. The Morgan fingerprint density at radius 1 is 1.33 bits per heavy atom. The largest absolute Gasteiger partial charge is 0.378 e. The second-order valence-electron chi connectivity index (χ2n) is 6.05. The van der Waals surface area contributed by atoms with E-state index < -0.39 is 0 Å². The van der Waals surface area contributed by atoms with E-state index in [4.69, 9.17) is 14.0 Å². The Hall–Kier alpha value is -1.99. The molecule has 0 unspecified atom stereocenters. The first-order valence-corrected chi connectivity index (χ1v) is 8.37. The summed E-state index contributed by atoms with van der Waals surface area (Å²) in [4.78, 5) is 10.9. The molecular weight excluding hydrogens is 308 g/mol. The van der Waals surface area contributed by atoms with E-state index in [2.05, 4.69) is 20.0 Å². The lowest BCUT2D eigenvalue weighted by Gasteiger charge is -2.25. The van der Waals surface area contributed by atoms with Crippen molar-refractivity contribution in [3.63, 3.8) is 0 Å². The fourth-order valence-electron chi connectivity index (χ4n) is 2.78. The fourth-order valence-corrected chi connectivity index (χ4v) is 2.78. The van der Waals surface area contributed by atoms with Gasteiger partial charge in [0, 0.05) is 33.5 Å². The van der Waals surface area contributed by atoms with Crippen LogP contribution < -0.4 is 4.90 Å². The van der Waals surface area contributed by atoms with Crippen molar-refractivity contribution >= 4 is 5.82 Å². The van der Waals surface area contributed by atoms with Gasteiger partial charge in [-0.15, -0.1) is 0 Å². The van der Waals surface area contributed by atoms with Gasteiger partial charge in [-0.2, -0.15) is 4.98 Å². The third kappa shape index (κ3) is 4.30. The number of pyridine rings is 1. The summed E-state index contributed by atoms with van der Waals surface area (Å²) in [6.07, 6.45) is 6.81. The predicted octanol–water partition coefficient (Wildman–Crippen LogP) is 2.67. The standard InChI is InChI=1S/C17H24N4O3/c1-21(9-8-14-5-3-4-10-23-14)16-7-6-13(11-18-16)17-19-15(12-22-2)20-24-17/h6-7,11,14H,3-5,8-10,12H2,1-2H3/t14-/m1/s1. The first kappa shape index (κ1) is 16.9. The van der Waals surface area contributed by atoms with Crippen LogP contribution in [0.5, 0.6) is 0 Å². The maximum Gasteiger partial charge on any atom is 0.259 e. The number of nitrogens with zero attached hydrogens (tertiary/aromatic N) is 4. The van der Waals surface area contributed by atoms with Crippen LogP contribution in [0.25, 0.3) is 11.5 Å². The van der Waals surface area contributed by atoms with Gasteiger partial charge < -0.3 is 18.9 Å². The first-order valence-electron chi connectivity index (χ1n) is 8.37. The molecule has 0 spiro atoms. The van der Waals surface area contributed by atoms with Crippen LogP contribution in [0.4, 0.5) is 5.82 Å². The van der Waals surface area contributed by atoms with E-state index in [0.717, 1.165) is 31.0 Å². The first-order chi connectivity index (χ1) is 11.8. The molecule has 0 N–H and O–H groups in total. The number of anilines is 1. The highest BCUT2D eigenvalue weighted by atomic mass is 16.5. The molecular formula is C17H24N4O3. The highest BCUT2D eigenvalue weighted by molar-refractivity contribution is 5.54. The van der Waals surface area contributed by atoms with Crippen LogP contribution in [-0.4, -0.2) is 48.5 Å². The van der Waals surface area contributed by atoms with E-state index in [1.165, 1.54) is 19.3 Å². The molecule has 1 aliphatic rings. The summed E-state index contributed by atoms with van der Waals surface area (Å²) >= 11 is 0. The van der Waals surface area contributed by atoms with Gasteiger partial charge in [0.05, 0.1) is 11.7 Å². The molecule has 1 fully saturated rings. The monoisotopic (exact) mass is 332 g/mol. The average molecular weight is 332 g/mol. The van der Waals surface area contributed by atoms with E-state index in [0.29, 0.717) is 24.4 Å². The van der Waals surface area contributed by atoms with Crippen molar-refractivity contribution in [2.75, 3.05) is 32.2 Å². The van der Waals surface area contributed by atoms with E-state index in [1.54, 1.807) is 13.3 Å². The minimum Gasteiger partial charge on any atom is -0.378 e. The Balaban J connectivity index is 1.56. The molecule has 0 aliphatic carbocycles. The second-order valence-corrected chi connectivity index (χ2v) is 6.05. The van der Waals surface area contributed by atoms with Gasteiger partial charge in [0.15, 0.2) is 5.82 Å². The van der Waals surface area contributed by atoms with Crippen LogP contribution in [0, 0.1) is 0 Å². The summed E-state index contributed by atoms with van der Waals surface area (Å²) < 4.78 is 16.0. The molecule has 2 aromatic rings. The lowest BCUT2D eigenvalue weighted by Crippen LogP contribution is -2.27. The number of ether oxygens (including phenoxy) is 2. The Bertz CT molecular complexity index is 623. The highest BCUT2D eigenvalue weighted by Gasteiger charge is 2.15. The van der Waals surface area contributed by atoms with Gasteiger partial charge >= 0.3 is 0 Å². The van der Waals surface area contributed by atoms with Crippen molar-refractivity contribution in [2.45, 2.75) is 38.4 Å². The minimum absolute atomic E-state index is 0.334. The molecule has 7 nitrogen and oxygen atoms in total. The molecule has 2 aromatic heterocycles. The Labute approximate surface area is 142 Å². The molecule has 0 saturated carbocycles. The molecule has 3 heterocycles. The number of hydrogen-bond donors (Lipinski definition) is 0. The molecule has 24 heavy (non-hydrogen) atoms. The highest BCUT2D eigenvalue weighted by Crippen LogP contribution is 2.20. The van der Waals surface area contributed by atoms with Crippen LogP contribution in [0.3, 0.4) is 0 Å². The van der Waals surface area contributed by atoms with Gasteiger partial charge in [-0.25, -0.2) is 4.98 Å². The minimum atomic E-state index is 0.334. The van der Waals surface area contributed by atoms with Crippen molar-refractivity contribution in [3.8, 4) is 11.5 Å². The molecule has 0 bridgehead atoms. The van der Waals surface area contributed by atoms with Crippen molar-refractivity contribution in [1.82, 2.24) is 15.1 Å². The van der Waals surface area contributed by atoms with Crippen LogP contribution in [-0.2, 0) is 16.1 Å². The maximum atomic E-state index is 5.78. The quantitative estimate of drug-likeness (QED) is 0.771. The number of rotatable bonds is 7. The molecule has 0 radical (unpaired) electrons. The third-order valence-corrected chi connectivity index (χ3v) is 4.19. The van der Waals surface area contributed by atoms with Crippen molar-refractivity contribution < 1.29 is 14.0 Å². The average Bonchev–Trinajstić information content (AvgIpc) is 3.10. The molecule has 0 amide bonds. The van der Waals surface area contributed by atoms with Crippen LogP contribution in [0.15, 0.2) is 22.9 Å². The van der Waals surface area contributed by atoms with Gasteiger partial charge in [0.2, 0.25) is 0 Å². The van der Waals surface area contributed by atoms with Crippen molar-refractivity contribution in [3.05, 3.63) is 24.2 Å². The molecule has 0 aromatic carbocycles. The molecule has 1 atom stereocenters. The Kier molecular flexibility index (Phi) is 5.77. The van der Waals surface area contributed by atoms with Crippen LogP contribution >= 0.6 is 0 Å². The zero-order valence-corrected chi connectivity index (χ0v) is 14.3. The number of hydrogen-bond acceptors (Lipinski definition) is 7. The van der Waals surface area contributed by atoms with Gasteiger partial charge in [0.25, 0.3) is 5.89 Å². The summed E-state index contributed by atoms with van der Waals surface area (Å²) in [5.41, 5.74) is 0.803. The number of methoxy groups -OCH3 is 1. The summed E-state index contributed by atoms with van der Waals surface area (Å²) in [5, 5.41) is 3.86. The van der Waals surface area contributed by atoms with Crippen molar-refractivity contribution in [1.29, 1.82) is 0 Å². The zero-order valence-electron chi connectivity index (χ0n) is 14.3. The summed E-state index contributed by atoms with van der Waals surface area (Å²) in [6, 6.07) is 3.91. The second kappa shape index (κ2) is 8.21. The molecule has 130 valence electrons. The van der Waals surface area contributed by atoms with Crippen LogP contribution in [0.1, 0.15) is 31.5 Å². The van der Waals surface area contributed by atoms with E-state index in [9.17, 15) is 0 Å². The van der Waals surface area contributed by atoms with Gasteiger partial charge in [0.1, 0.15) is 12.4 Å². The summed E-state index contributed by atoms with van der Waals surface area (Å²) in [5.74, 6) is 1.91. The lowest BCUT2D eigenvalue weighted by atomic mass is 10.1. The predicted molar refractivity (Wildman–Crippen MR) is 89.7 cm³/mol. The SMILES string of the molecule is COCc1noc(-c2ccc(N(C)CC[C@H]3CCCCO3)nc2)n1. The topological polar surface area (TPSA) is 73.5 Å². The van der Waals surface area contributed by atoms with Crippen LogP contribution in [0.2, 0.25) is 0 Å². The summed E-state index contributed by atoms with van der Waals surface area (Å²) in [7, 11) is 3.65. The van der Waals surface area contributed by atoms with E-state index in [-0.39, 0.29) is 0 Å². The maximum absolute atomic E-state index is 5.78. The molecule has 1 saturated heterocycles. The Morgan fingerprint density at radius 3 is 2.96 bits per heavy atom. The van der Waals surface area contributed by atoms with E-state index >= 15 is 0 Å². The van der Waals surface area contributed by atoms with Gasteiger partial charge in [-0.3, -0.25) is 0 Å². The van der Waals surface area contributed by atoms with Gasteiger partial charge in [-0.1, -0.05) is 5.16 Å². The molecule has 3 rings (SSSR count). The van der Waals surface area contributed by atoms with Crippen molar-refractivity contribution in [2.24, 2.45) is 0 Å². The van der Waals surface area contributed by atoms with E-state index in [1.807, 2.05) is 19.2 Å². The van der Waals surface area contributed by atoms with Gasteiger partial charge in [-0.05, 0) is 37.8 Å². The number of aromatic nitrogens is 3. The molecule has 1 aliphatic heterocycles. The normalized spacial score (nSPS) is 17.8. The fraction of sp³-hybridized carbons (Fsp3) is 0.588. The smallest absolute Gasteiger partial charge is 0.259 e. The third-order valence-electron chi connectivity index (χ3n) is 4.19. The lowest BCUT2D eigenvalue weighted by molar-refractivity contribution is 0.0126. The Morgan fingerprint density at radius 2 is 2.25 bits per heavy atom. The zero-order chi connectivity index (χ0) is 16.8. The molecule has 7 heteroatoms.